The number of nitrogens with zero attached hydrogens (tertiary/aromatic N) is 4. The predicted molar refractivity (Wildman–Crippen MR) is 128 cm³/mol. The van der Waals surface area contributed by atoms with Crippen LogP contribution in [0.3, 0.4) is 0 Å². The van der Waals surface area contributed by atoms with Crippen LogP contribution in [0.5, 0.6) is 5.75 Å². The van der Waals surface area contributed by atoms with Crippen molar-refractivity contribution in [2.24, 2.45) is 0 Å². The quantitative estimate of drug-likeness (QED) is 0.580. The number of aryl methyl sites for hydroxylation is 2. The van der Waals surface area contributed by atoms with E-state index in [1.54, 1.807) is 14.0 Å². The molecule has 5 rings (SSSR count). The van der Waals surface area contributed by atoms with Gasteiger partial charge in [0.05, 0.1) is 24.4 Å². The molecule has 174 valence electrons. The normalized spacial score (nSPS) is 16.9. The summed E-state index contributed by atoms with van der Waals surface area (Å²) in [4.78, 5) is 18.0. The zero-order chi connectivity index (χ0) is 23.9. The van der Waals surface area contributed by atoms with Crippen LogP contribution in [0.2, 0.25) is 0 Å². The van der Waals surface area contributed by atoms with Gasteiger partial charge in [-0.2, -0.15) is 5.26 Å². The third kappa shape index (κ3) is 3.74. The summed E-state index contributed by atoms with van der Waals surface area (Å²) < 4.78 is 10.8. The zero-order valence-electron chi connectivity index (χ0n) is 19.8. The van der Waals surface area contributed by atoms with E-state index < -0.39 is 0 Å². The van der Waals surface area contributed by atoms with E-state index in [1.165, 1.54) is 11.1 Å². The van der Waals surface area contributed by atoms with Crippen LogP contribution in [-0.2, 0) is 12.0 Å². The summed E-state index contributed by atoms with van der Waals surface area (Å²) in [6, 6.07) is 16.0. The molecule has 2 aromatic carbocycles. The summed E-state index contributed by atoms with van der Waals surface area (Å²) in [7, 11) is 1.68. The van der Waals surface area contributed by atoms with Crippen LogP contribution in [0.1, 0.15) is 51.3 Å². The number of rotatable bonds is 4. The van der Waals surface area contributed by atoms with Gasteiger partial charge in [0.2, 0.25) is 0 Å². The highest BCUT2D eigenvalue weighted by Gasteiger charge is 2.47. The Morgan fingerprint density at radius 3 is 2.53 bits per heavy atom. The topological polar surface area (TPSA) is 82.6 Å². The number of fused-ring (bicyclic) bond motifs is 2. The van der Waals surface area contributed by atoms with Crippen molar-refractivity contribution >= 4 is 11.6 Å². The molecule has 0 saturated carbocycles. The van der Waals surface area contributed by atoms with E-state index in [1.807, 2.05) is 48.2 Å². The molecule has 34 heavy (non-hydrogen) atoms. The average molecular weight is 457 g/mol. The summed E-state index contributed by atoms with van der Waals surface area (Å²) in [5.41, 5.74) is 5.09. The lowest BCUT2D eigenvalue weighted by atomic mass is 9.74. The van der Waals surface area contributed by atoms with Crippen LogP contribution in [-0.4, -0.2) is 42.7 Å². The number of anilines is 1. The van der Waals surface area contributed by atoms with Gasteiger partial charge in [-0.15, -0.1) is 0 Å². The molecule has 1 amide bonds. The van der Waals surface area contributed by atoms with Crippen molar-refractivity contribution in [2.75, 3.05) is 31.6 Å². The fraction of sp³-hybridized carbons (Fsp3) is 0.370. The van der Waals surface area contributed by atoms with Crippen molar-refractivity contribution in [3.8, 4) is 11.8 Å². The Kier molecular flexibility index (Phi) is 5.62. The van der Waals surface area contributed by atoms with Crippen molar-refractivity contribution in [3.63, 3.8) is 0 Å². The molecule has 1 aromatic heterocycles. The first-order valence-electron chi connectivity index (χ1n) is 11.6. The van der Waals surface area contributed by atoms with Crippen molar-refractivity contribution in [3.05, 3.63) is 76.2 Å². The number of hydrogen-bond acceptors (Lipinski definition) is 6. The van der Waals surface area contributed by atoms with Crippen LogP contribution >= 0.6 is 0 Å². The van der Waals surface area contributed by atoms with Gasteiger partial charge in [-0.3, -0.25) is 9.69 Å². The maximum absolute atomic E-state index is 13.6. The van der Waals surface area contributed by atoms with Crippen LogP contribution < -0.4 is 9.64 Å². The molecular weight excluding hydrogens is 428 g/mol. The molecule has 3 heterocycles. The van der Waals surface area contributed by atoms with Crippen molar-refractivity contribution < 1.29 is 14.1 Å². The van der Waals surface area contributed by atoms with E-state index in [4.69, 9.17) is 14.5 Å². The number of aromatic nitrogens is 1. The number of hydrogen-bond donors (Lipinski definition) is 0. The third-order valence-electron chi connectivity index (χ3n) is 7.32. The van der Waals surface area contributed by atoms with E-state index in [0.29, 0.717) is 29.1 Å². The molecule has 1 saturated heterocycles. The van der Waals surface area contributed by atoms with Crippen molar-refractivity contribution in [2.45, 2.75) is 38.6 Å². The number of likely N-dealkylation sites (tertiary alicyclic amines) is 1. The molecule has 0 N–H and O–H groups in total. The zero-order valence-corrected chi connectivity index (χ0v) is 19.8. The number of methoxy groups -OCH3 is 1. The number of amides is 1. The molecule has 2 aliphatic heterocycles. The molecule has 3 aromatic rings. The minimum atomic E-state index is -0.111. The highest BCUT2D eigenvalue weighted by Crippen LogP contribution is 2.49. The molecule has 0 aliphatic carbocycles. The van der Waals surface area contributed by atoms with Gasteiger partial charge >= 0.3 is 0 Å². The first-order valence-corrected chi connectivity index (χ1v) is 11.6. The number of carbonyl (C=O) groups excluding carboxylic acids is 1. The molecule has 0 atom stereocenters. The van der Waals surface area contributed by atoms with E-state index in [-0.39, 0.29) is 11.3 Å². The van der Waals surface area contributed by atoms with Gasteiger partial charge in [0.15, 0.2) is 0 Å². The minimum Gasteiger partial charge on any atom is -0.497 e. The van der Waals surface area contributed by atoms with Gasteiger partial charge in [-0.1, -0.05) is 17.3 Å². The van der Waals surface area contributed by atoms with E-state index in [2.05, 4.69) is 22.2 Å². The molecule has 1 spiro atoms. The number of benzene rings is 2. The highest BCUT2D eigenvalue weighted by molar-refractivity contribution is 6.09. The van der Waals surface area contributed by atoms with E-state index in [0.717, 1.165) is 43.9 Å². The Balaban J connectivity index is 1.40. The summed E-state index contributed by atoms with van der Waals surface area (Å²) in [5, 5.41) is 13.0. The molecule has 0 bridgehead atoms. The van der Waals surface area contributed by atoms with Gasteiger partial charge in [0.25, 0.3) is 5.91 Å². The average Bonchev–Trinajstić information content (AvgIpc) is 3.37. The first kappa shape index (κ1) is 22.2. The van der Waals surface area contributed by atoms with Gasteiger partial charge in [0.1, 0.15) is 17.1 Å². The van der Waals surface area contributed by atoms with Gasteiger partial charge in [0, 0.05) is 24.2 Å². The standard InChI is InChI=1S/C27H28N4O3/c1-18-25(19(2)34-29-18)26(32)31-17-27(23-14-22(33-3)8-9-24(23)31)10-12-30(13-11-27)16-21-6-4-20(15-28)5-7-21/h4-9,14H,10-13,16-17H2,1-3H3. The second kappa shape index (κ2) is 8.62. The second-order valence-corrected chi connectivity index (χ2v) is 9.34. The maximum Gasteiger partial charge on any atom is 0.263 e. The first-order chi connectivity index (χ1) is 16.4. The lowest BCUT2D eigenvalue weighted by Gasteiger charge is -2.40. The Hall–Kier alpha value is -3.63. The Labute approximate surface area is 199 Å². The fourth-order valence-electron chi connectivity index (χ4n) is 5.39. The number of piperidine rings is 1. The van der Waals surface area contributed by atoms with Crippen LogP contribution in [0.15, 0.2) is 47.0 Å². The summed E-state index contributed by atoms with van der Waals surface area (Å²) in [6.45, 7) is 6.97. The molecule has 7 heteroatoms. The van der Waals surface area contributed by atoms with Crippen LogP contribution in [0, 0.1) is 25.2 Å². The Morgan fingerprint density at radius 2 is 1.91 bits per heavy atom. The second-order valence-electron chi connectivity index (χ2n) is 9.34. The largest absolute Gasteiger partial charge is 0.497 e. The highest BCUT2D eigenvalue weighted by atomic mass is 16.5. The van der Waals surface area contributed by atoms with Crippen molar-refractivity contribution in [1.29, 1.82) is 5.26 Å². The fourth-order valence-corrected chi connectivity index (χ4v) is 5.39. The molecule has 2 aliphatic rings. The van der Waals surface area contributed by atoms with Crippen LogP contribution in [0.4, 0.5) is 5.69 Å². The van der Waals surface area contributed by atoms with Gasteiger partial charge < -0.3 is 14.2 Å². The van der Waals surface area contributed by atoms with Gasteiger partial charge in [-0.25, -0.2) is 0 Å². The summed E-state index contributed by atoms with van der Waals surface area (Å²) in [5.74, 6) is 1.31. The lowest BCUT2D eigenvalue weighted by molar-refractivity contribution is 0.0973. The SMILES string of the molecule is COc1ccc2c(c1)C1(CCN(Cc3ccc(C#N)cc3)CC1)CN2C(=O)c1c(C)noc1C. The third-order valence-corrected chi connectivity index (χ3v) is 7.32. The molecular formula is C27H28N4O3. The summed E-state index contributed by atoms with van der Waals surface area (Å²) >= 11 is 0. The Bertz CT molecular complexity index is 1240. The van der Waals surface area contributed by atoms with Gasteiger partial charge in [-0.05, 0) is 81.2 Å². The maximum atomic E-state index is 13.6. The molecule has 7 nitrogen and oxygen atoms in total. The van der Waals surface area contributed by atoms with E-state index >= 15 is 0 Å². The molecule has 0 unspecified atom stereocenters. The minimum absolute atomic E-state index is 0.0560. The number of nitriles is 1. The monoisotopic (exact) mass is 456 g/mol. The molecule has 1 fully saturated rings. The van der Waals surface area contributed by atoms with E-state index in [9.17, 15) is 4.79 Å². The lowest BCUT2D eigenvalue weighted by Crippen LogP contribution is -2.45. The van der Waals surface area contributed by atoms with Crippen LogP contribution in [0.25, 0.3) is 0 Å². The Morgan fingerprint density at radius 1 is 1.18 bits per heavy atom. The predicted octanol–water partition coefficient (Wildman–Crippen LogP) is 4.37. The molecule has 0 radical (unpaired) electrons. The summed E-state index contributed by atoms with van der Waals surface area (Å²) in [6.07, 6.45) is 1.91. The number of ether oxygens (including phenoxy) is 1. The number of carbonyl (C=O) groups is 1. The smallest absolute Gasteiger partial charge is 0.263 e. The van der Waals surface area contributed by atoms with Crippen molar-refractivity contribution in [1.82, 2.24) is 10.1 Å².